The van der Waals surface area contributed by atoms with E-state index in [4.69, 9.17) is 10.5 Å². The number of nitrogens with two attached hydrogens (primary N) is 1. The molecule has 1 aromatic carbocycles. The molecule has 2 rings (SSSR count). The first-order valence-electron chi connectivity index (χ1n) is 9.79. The van der Waals surface area contributed by atoms with Crippen LogP contribution in [0.15, 0.2) is 24.3 Å². The summed E-state index contributed by atoms with van der Waals surface area (Å²) in [7, 11) is 0. The van der Waals surface area contributed by atoms with Gasteiger partial charge in [0, 0.05) is 37.4 Å². The standard InChI is InChI=1S/C21H33N3O3/c1-21(2,3)15-23-19(25)16-5-7-17(8-6-16)20(26)24-12-9-18(10-13-24)27-14-4-11-22/h5-8,18H,4,9-15,22H2,1-3H3,(H,23,25). The summed E-state index contributed by atoms with van der Waals surface area (Å²) in [5, 5.41) is 2.92. The van der Waals surface area contributed by atoms with E-state index in [1.54, 1.807) is 24.3 Å². The van der Waals surface area contributed by atoms with Crippen LogP contribution in [0.1, 0.15) is 60.7 Å². The third kappa shape index (κ3) is 6.96. The van der Waals surface area contributed by atoms with Gasteiger partial charge in [0.15, 0.2) is 0 Å². The van der Waals surface area contributed by atoms with Gasteiger partial charge in [0.2, 0.25) is 0 Å². The highest BCUT2D eigenvalue weighted by Gasteiger charge is 2.24. The Hall–Kier alpha value is -1.92. The number of benzene rings is 1. The second kappa shape index (κ2) is 9.85. The molecule has 1 saturated heterocycles. The number of hydrogen-bond donors (Lipinski definition) is 2. The molecule has 0 saturated carbocycles. The van der Waals surface area contributed by atoms with Crippen molar-refractivity contribution in [1.29, 1.82) is 0 Å². The molecular weight excluding hydrogens is 342 g/mol. The second-order valence-electron chi connectivity index (χ2n) is 8.33. The molecule has 1 aliphatic rings. The van der Waals surface area contributed by atoms with Crippen molar-refractivity contribution in [3.63, 3.8) is 0 Å². The summed E-state index contributed by atoms with van der Waals surface area (Å²) in [4.78, 5) is 26.7. The van der Waals surface area contributed by atoms with E-state index in [1.165, 1.54) is 0 Å². The Morgan fingerprint density at radius 3 is 2.30 bits per heavy atom. The van der Waals surface area contributed by atoms with Gasteiger partial charge in [-0.15, -0.1) is 0 Å². The van der Waals surface area contributed by atoms with E-state index in [-0.39, 0.29) is 23.3 Å². The first kappa shape index (κ1) is 21.4. The van der Waals surface area contributed by atoms with Gasteiger partial charge in [-0.25, -0.2) is 0 Å². The van der Waals surface area contributed by atoms with Crippen LogP contribution in [0.4, 0.5) is 0 Å². The van der Waals surface area contributed by atoms with Crippen molar-refractivity contribution in [2.45, 2.75) is 46.1 Å². The quantitative estimate of drug-likeness (QED) is 0.717. The minimum atomic E-state index is -0.112. The van der Waals surface area contributed by atoms with E-state index in [0.717, 1.165) is 19.3 Å². The lowest BCUT2D eigenvalue weighted by molar-refractivity contribution is 0.00844. The van der Waals surface area contributed by atoms with Crippen LogP contribution in [-0.2, 0) is 4.74 Å². The molecule has 0 spiro atoms. The van der Waals surface area contributed by atoms with Crippen molar-refractivity contribution < 1.29 is 14.3 Å². The molecule has 1 aromatic rings. The maximum atomic E-state index is 12.7. The van der Waals surface area contributed by atoms with E-state index >= 15 is 0 Å². The van der Waals surface area contributed by atoms with Gasteiger partial charge in [0.25, 0.3) is 11.8 Å². The van der Waals surface area contributed by atoms with Crippen molar-refractivity contribution in [2.24, 2.45) is 11.1 Å². The molecule has 1 heterocycles. The first-order chi connectivity index (χ1) is 12.8. The van der Waals surface area contributed by atoms with Crippen LogP contribution in [0, 0.1) is 5.41 Å². The molecule has 1 aliphatic heterocycles. The van der Waals surface area contributed by atoms with Gasteiger partial charge < -0.3 is 20.7 Å². The molecule has 6 heteroatoms. The third-order valence-electron chi connectivity index (χ3n) is 4.60. The summed E-state index contributed by atoms with van der Waals surface area (Å²) < 4.78 is 5.78. The molecular formula is C21H33N3O3. The van der Waals surface area contributed by atoms with Crippen LogP contribution in [-0.4, -0.2) is 55.6 Å². The molecule has 0 bridgehead atoms. The summed E-state index contributed by atoms with van der Waals surface area (Å²) in [6, 6.07) is 6.90. The summed E-state index contributed by atoms with van der Waals surface area (Å²) >= 11 is 0. The van der Waals surface area contributed by atoms with Gasteiger partial charge in [-0.1, -0.05) is 20.8 Å². The van der Waals surface area contributed by atoms with Gasteiger partial charge in [0.05, 0.1) is 6.10 Å². The summed E-state index contributed by atoms with van der Waals surface area (Å²) in [6.07, 6.45) is 2.79. The molecule has 0 atom stereocenters. The van der Waals surface area contributed by atoms with Gasteiger partial charge >= 0.3 is 0 Å². The van der Waals surface area contributed by atoms with Crippen LogP contribution in [0.25, 0.3) is 0 Å². The fourth-order valence-electron chi connectivity index (χ4n) is 2.95. The van der Waals surface area contributed by atoms with E-state index in [2.05, 4.69) is 26.1 Å². The molecule has 3 N–H and O–H groups in total. The minimum Gasteiger partial charge on any atom is -0.378 e. The Morgan fingerprint density at radius 1 is 1.15 bits per heavy atom. The van der Waals surface area contributed by atoms with Gasteiger partial charge in [-0.3, -0.25) is 9.59 Å². The fraction of sp³-hybridized carbons (Fsp3) is 0.619. The Bertz CT molecular complexity index is 615. The average molecular weight is 376 g/mol. The Labute approximate surface area is 162 Å². The zero-order valence-electron chi connectivity index (χ0n) is 16.8. The zero-order chi connectivity index (χ0) is 19.9. The molecule has 150 valence electrons. The fourth-order valence-corrected chi connectivity index (χ4v) is 2.95. The number of piperidine rings is 1. The van der Waals surface area contributed by atoms with Gasteiger partial charge in [-0.05, 0) is 55.5 Å². The minimum absolute atomic E-state index is 0.0112. The first-order valence-corrected chi connectivity index (χ1v) is 9.79. The average Bonchev–Trinajstić information content (AvgIpc) is 2.66. The number of nitrogens with zero attached hydrogens (tertiary/aromatic N) is 1. The molecule has 0 unspecified atom stereocenters. The normalized spacial score (nSPS) is 15.6. The summed E-state index contributed by atoms with van der Waals surface area (Å²) in [5.41, 5.74) is 6.70. The highest BCUT2D eigenvalue weighted by molar-refractivity contribution is 5.97. The van der Waals surface area contributed by atoms with E-state index < -0.39 is 0 Å². The number of carbonyl (C=O) groups is 2. The van der Waals surface area contributed by atoms with Crippen molar-refractivity contribution in [3.8, 4) is 0 Å². The van der Waals surface area contributed by atoms with Gasteiger partial charge in [0.1, 0.15) is 0 Å². The van der Waals surface area contributed by atoms with E-state index in [0.29, 0.717) is 43.9 Å². The lowest BCUT2D eigenvalue weighted by Gasteiger charge is -2.32. The Balaban J connectivity index is 1.84. The smallest absolute Gasteiger partial charge is 0.253 e. The molecule has 2 amide bonds. The van der Waals surface area contributed by atoms with Crippen molar-refractivity contribution in [3.05, 3.63) is 35.4 Å². The predicted molar refractivity (Wildman–Crippen MR) is 107 cm³/mol. The molecule has 6 nitrogen and oxygen atoms in total. The SMILES string of the molecule is CC(C)(C)CNC(=O)c1ccc(C(=O)N2CCC(OCCCN)CC2)cc1. The number of rotatable bonds is 7. The number of amides is 2. The number of hydrogen-bond acceptors (Lipinski definition) is 4. The molecule has 27 heavy (non-hydrogen) atoms. The Kier molecular flexibility index (Phi) is 7.80. The topological polar surface area (TPSA) is 84.7 Å². The second-order valence-corrected chi connectivity index (χ2v) is 8.33. The maximum absolute atomic E-state index is 12.7. The third-order valence-corrected chi connectivity index (χ3v) is 4.60. The van der Waals surface area contributed by atoms with E-state index in [1.807, 2.05) is 4.90 Å². The van der Waals surface area contributed by atoms with Crippen molar-refractivity contribution in [2.75, 3.05) is 32.8 Å². The monoisotopic (exact) mass is 375 g/mol. The van der Waals surface area contributed by atoms with Crippen LogP contribution in [0.3, 0.4) is 0 Å². The highest BCUT2D eigenvalue weighted by Crippen LogP contribution is 2.17. The van der Waals surface area contributed by atoms with Crippen molar-refractivity contribution in [1.82, 2.24) is 10.2 Å². The largest absolute Gasteiger partial charge is 0.378 e. The zero-order valence-corrected chi connectivity index (χ0v) is 16.8. The van der Waals surface area contributed by atoms with Crippen LogP contribution >= 0.6 is 0 Å². The van der Waals surface area contributed by atoms with Crippen LogP contribution < -0.4 is 11.1 Å². The number of nitrogens with one attached hydrogen (secondary N) is 1. The molecule has 0 aliphatic carbocycles. The number of carbonyl (C=O) groups excluding carboxylic acids is 2. The van der Waals surface area contributed by atoms with Crippen LogP contribution in [0.2, 0.25) is 0 Å². The number of ether oxygens (including phenoxy) is 1. The lowest BCUT2D eigenvalue weighted by atomic mass is 9.97. The summed E-state index contributed by atoms with van der Waals surface area (Å²) in [5.74, 6) is -0.101. The highest BCUT2D eigenvalue weighted by atomic mass is 16.5. The van der Waals surface area contributed by atoms with Crippen molar-refractivity contribution >= 4 is 11.8 Å². The molecule has 1 fully saturated rings. The maximum Gasteiger partial charge on any atom is 0.253 e. The number of likely N-dealkylation sites (tertiary alicyclic amines) is 1. The van der Waals surface area contributed by atoms with Crippen LogP contribution in [0.5, 0.6) is 0 Å². The lowest BCUT2D eigenvalue weighted by Crippen LogP contribution is -2.41. The molecule has 0 radical (unpaired) electrons. The Morgan fingerprint density at radius 2 is 1.74 bits per heavy atom. The van der Waals surface area contributed by atoms with Gasteiger partial charge in [-0.2, -0.15) is 0 Å². The van der Waals surface area contributed by atoms with E-state index in [9.17, 15) is 9.59 Å². The molecule has 0 aromatic heterocycles. The summed E-state index contributed by atoms with van der Waals surface area (Å²) in [6.45, 7) is 9.54. The predicted octanol–water partition coefficient (Wildman–Crippen LogP) is 2.43.